The molecule has 1 unspecified atom stereocenters. The molecule has 20 heavy (non-hydrogen) atoms. The lowest BCUT2D eigenvalue weighted by Crippen LogP contribution is -2.11. The van der Waals surface area contributed by atoms with Gasteiger partial charge in [-0.1, -0.05) is 73.1 Å². The standard InChI is InChI=1S/C18H21BrO/c1-12-5-10-15(16(19)11-12)17(20)13-6-8-14(9-7-13)18(2,3)4/h5-11,17,20H,1-4H3. The molecule has 0 fully saturated rings. The van der Waals surface area contributed by atoms with E-state index in [0.29, 0.717) is 0 Å². The molecule has 1 nitrogen and oxygen atoms in total. The highest BCUT2D eigenvalue weighted by atomic mass is 79.9. The third-order valence-electron chi connectivity index (χ3n) is 3.54. The van der Waals surface area contributed by atoms with Crippen LogP contribution in [-0.4, -0.2) is 5.11 Å². The van der Waals surface area contributed by atoms with Crippen LogP contribution in [0.2, 0.25) is 0 Å². The van der Waals surface area contributed by atoms with Gasteiger partial charge < -0.3 is 5.11 Å². The Morgan fingerprint density at radius 2 is 1.60 bits per heavy atom. The number of hydrogen-bond acceptors (Lipinski definition) is 1. The summed E-state index contributed by atoms with van der Waals surface area (Å²) in [6, 6.07) is 14.2. The fourth-order valence-electron chi connectivity index (χ4n) is 2.20. The van der Waals surface area contributed by atoms with Gasteiger partial charge in [-0.15, -0.1) is 0 Å². The lowest BCUT2D eigenvalue weighted by molar-refractivity contribution is 0.219. The molecule has 0 bridgehead atoms. The highest BCUT2D eigenvalue weighted by Crippen LogP contribution is 2.30. The van der Waals surface area contributed by atoms with Gasteiger partial charge >= 0.3 is 0 Å². The van der Waals surface area contributed by atoms with Crippen molar-refractivity contribution in [2.24, 2.45) is 0 Å². The van der Waals surface area contributed by atoms with Crippen molar-refractivity contribution in [2.75, 3.05) is 0 Å². The maximum atomic E-state index is 10.5. The van der Waals surface area contributed by atoms with Crippen LogP contribution in [-0.2, 0) is 5.41 Å². The van der Waals surface area contributed by atoms with Gasteiger partial charge in [0.05, 0.1) is 0 Å². The summed E-state index contributed by atoms with van der Waals surface area (Å²) in [5.74, 6) is 0. The minimum atomic E-state index is -0.598. The van der Waals surface area contributed by atoms with Gasteiger partial charge in [0.2, 0.25) is 0 Å². The summed E-state index contributed by atoms with van der Waals surface area (Å²) in [5.41, 5.74) is 4.41. The van der Waals surface area contributed by atoms with Crippen molar-refractivity contribution in [2.45, 2.75) is 39.2 Å². The van der Waals surface area contributed by atoms with Crippen molar-refractivity contribution >= 4 is 15.9 Å². The van der Waals surface area contributed by atoms with Gasteiger partial charge in [0.1, 0.15) is 6.10 Å². The van der Waals surface area contributed by atoms with E-state index < -0.39 is 6.10 Å². The lowest BCUT2D eigenvalue weighted by atomic mass is 9.86. The fourth-order valence-corrected chi connectivity index (χ4v) is 2.91. The second kappa shape index (κ2) is 5.71. The Bertz CT molecular complexity index is 594. The quantitative estimate of drug-likeness (QED) is 0.807. The fraction of sp³-hybridized carbons (Fsp3) is 0.333. The third kappa shape index (κ3) is 3.31. The molecule has 0 saturated heterocycles. The van der Waals surface area contributed by atoms with Crippen molar-refractivity contribution in [3.8, 4) is 0 Å². The van der Waals surface area contributed by atoms with Crippen LogP contribution in [0.1, 0.15) is 49.1 Å². The van der Waals surface area contributed by atoms with E-state index in [0.717, 1.165) is 15.6 Å². The molecule has 2 heteroatoms. The largest absolute Gasteiger partial charge is 0.384 e. The molecule has 2 rings (SSSR count). The van der Waals surface area contributed by atoms with Crippen LogP contribution in [0.4, 0.5) is 0 Å². The summed E-state index contributed by atoms with van der Waals surface area (Å²) < 4.78 is 0.949. The molecule has 0 aromatic heterocycles. The number of benzene rings is 2. The highest BCUT2D eigenvalue weighted by molar-refractivity contribution is 9.10. The Labute approximate surface area is 129 Å². The minimum absolute atomic E-state index is 0.133. The second-order valence-corrected chi connectivity index (χ2v) is 7.15. The molecule has 0 aliphatic carbocycles. The summed E-state index contributed by atoms with van der Waals surface area (Å²) in [5, 5.41) is 10.5. The van der Waals surface area contributed by atoms with Gasteiger partial charge in [-0.3, -0.25) is 0 Å². The molecule has 2 aromatic rings. The molecule has 0 aliphatic heterocycles. The Morgan fingerprint density at radius 1 is 1.00 bits per heavy atom. The summed E-state index contributed by atoms with van der Waals surface area (Å²) in [4.78, 5) is 0. The molecule has 106 valence electrons. The molecule has 0 aliphatic rings. The van der Waals surface area contributed by atoms with Crippen LogP contribution in [0.3, 0.4) is 0 Å². The van der Waals surface area contributed by atoms with Crippen LogP contribution < -0.4 is 0 Å². The molecule has 1 N–H and O–H groups in total. The molecular weight excluding hydrogens is 312 g/mol. The normalized spacial score (nSPS) is 13.3. The molecule has 0 radical (unpaired) electrons. The van der Waals surface area contributed by atoms with E-state index in [4.69, 9.17) is 0 Å². The molecule has 0 amide bonds. The predicted molar refractivity (Wildman–Crippen MR) is 88.1 cm³/mol. The monoisotopic (exact) mass is 332 g/mol. The first-order chi connectivity index (χ1) is 9.29. The number of hydrogen-bond donors (Lipinski definition) is 1. The van der Waals surface area contributed by atoms with Crippen LogP contribution in [0.5, 0.6) is 0 Å². The Kier molecular flexibility index (Phi) is 4.36. The number of halogens is 1. The van der Waals surface area contributed by atoms with Crippen molar-refractivity contribution in [3.05, 3.63) is 69.2 Å². The smallest absolute Gasteiger partial charge is 0.105 e. The summed E-state index contributed by atoms with van der Waals surface area (Å²) in [7, 11) is 0. The van der Waals surface area contributed by atoms with Gasteiger partial charge in [-0.2, -0.15) is 0 Å². The molecule has 0 spiro atoms. The van der Waals surface area contributed by atoms with Crippen molar-refractivity contribution in [1.82, 2.24) is 0 Å². The molecule has 2 aromatic carbocycles. The van der Waals surface area contributed by atoms with E-state index >= 15 is 0 Å². The van der Waals surface area contributed by atoms with Crippen LogP contribution in [0, 0.1) is 6.92 Å². The van der Waals surface area contributed by atoms with E-state index in [2.05, 4.69) is 48.8 Å². The maximum Gasteiger partial charge on any atom is 0.105 e. The highest BCUT2D eigenvalue weighted by Gasteiger charge is 2.16. The van der Waals surface area contributed by atoms with E-state index in [1.54, 1.807) is 0 Å². The zero-order valence-electron chi connectivity index (χ0n) is 12.4. The second-order valence-electron chi connectivity index (χ2n) is 6.30. The first-order valence-corrected chi connectivity index (χ1v) is 7.63. The zero-order valence-corrected chi connectivity index (χ0v) is 14.0. The average molecular weight is 333 g/mol. The molecule has 0 saturated carbocycles. The van der Waals surface area contributed by atoms with Gasteiger partial charge in [0, 0.05) is 4.47 Å². The van der Waals surface area contributed by atoms with E-state index in [-0.39, 0.29) is 5.41 Å². The molecule has 1 atom stereocenters. The summed E-state index contributed by atoms with van der Waals surface area (Å²) >= 11 is 3.53. The molecule has 0 heterocycles. The average Bonchev–Trinajstić information content (AvgIpc) is 2.37. The summed E-state index contributed by atoms with van der Waals surface area (Å²) in [6.07, 6.45) is -0.598. The van der Waals surface area contributed by atoms with Crippen molar-refractivity contribution in [1.29, 1.82) is 0 Å². The number of aliphatic hydroxyl groups excluding tert-OH is 1. The van der Waals surface area contributed by atoms with Gasteiger partial charge in [0.15, 0.2) is 0 Å². The third-order valence-corrected chi connectivity index (χ3v) is 4.23. The van der Waals surface area contributed by atoms with Crippen LogP contribution in [0.15, 0.2) is 46.9 Å². The topological polar surface area (TPSA) is 20.2 Å². The Morgan fingerprint density at radius 3 is 2.10 bits per heavy atom. The van der Waals surface area contributed by atoms with Gasteiger partial charge in [-0.05, 0) is 40.7 Å². The minimum Gasteiger partial charge on any atom is -0.384 e. The van der Waals surface area contributed by atoms with Crippen LogP contribution >= 0.6 is 15.9 Å². The predicted octanol–water partition coefficient (Wildman–Crippen LogP) is 5.14. The van der Waals surface area contributed by atoms with Crippen molar-refractivity contribution < 1.29 is 5.11 Å². The van der Waals surface area contributed by atoms with E-state index in [9.17, 15) is 5.11 Å². The number of rotatable bonds is 2. The Balaban J connectivity index is 2.31. The molecular formula is C18H21BrO. The van der Waals surface area contributed by atoms with Crippen molar-refractivity contribution in [3.63, 3.8) is 0 Å². The SMILES string of the molecule is Cc1ccc(C(O)c2ccc(C(C)(C)C)cc2)c(Br)c1. The first-order valence-electron chi connectivity index (χ1n) is 6.83. The Hall–Kier alpha value is -1.12. The van der Waals surface area contributed by atoms with Gasteiger partial charge in [-0.25, -0.2) is 0 Å². The van der Waals surface area contributed by atoms with Crippen LogP contribution in [0.25, 0.3) is 0 Å². The first kappa shape index (κ1) is 15.3. The van der Waals surface area contributed by atoms with Gasteiger partial charge in [0.25, 0.3) is 0 Å². The number of aryl methyl sites for hydroxylation is 1. The lowest BCUT2D eigenvalue weighted by Gasteiger charge is -2.20. The summed E-state index contributed by atoms with van der Waals surface area (Å²) in [6.45, 7) is 8.61. The van der Waals surface area contributed by atoms with E-state index in [1.165, 1.54) is 11.1 Å². The maximum absolute atomic E-state index is 10.5. The zero-order chi connectivity index (χ0) is 14.9. The number of aliphatic hydroxyl groups is 1. The van der Waals surface area contributed by atoms with E-state index in [1.807, 2.05) is 37.3 Å².